The Balaban J connectivity index is 2.09. The van der Waals surface area contributed by atoms with Crippen molar-refractivity contribution < 1.29 is 14.3 Å². The third-order valence-electron chi connectivity index (χ3n) is 1.82. The van der Waals surface area contributed by atoms with Gasteiger partial charge in [-0.1, -0.05) is 0 Å². The molecule has 0 saturated heterocycles. The van der Waals surface area contributed by atoms with E-state index in [0.717, 1.165) is 5.69 Å². The minimum absolute atomic E-state index is 0.0942. The second-order valence-electron chi connectivity index (χ2n) is 3.30. The lowest BCUT2D eigenvalue weighted by Gasteiger charge is -2.01. The standard InChI is InChI=1S/C10H16N2O3/c1-8-6-11-10(12-8)15-5-3-4-9(13)7-14-2/h6H,3-5,7H2,1-2H3,(H,11,12). The van der Waals surface area contributed by atoms with Gasteiger partial charge in [-0.05, 0) is 13.3 Å². The molecule has 5 nitrogen and oxygen atoms in total. The molecule has 1 aromatic heterocycles. The summed E-state index contributed by atoms with van der Waals surface area (Å²) in [6.07, 6.45) is 2.86. The van der Waals surface area contributed by atoms with Crippen LogP contribution in [0.3, 0.4) is 0 Å². The third kappa shape index (κ3) is 4.60. The van der Waals surface area contributed by atoms with Gasteiger partial charge < -0.3 is 14.5 Å². The lowest BCUT2D eigenvalue weighted by molar-refractivity contribution is -0.122. The highest BCUT2D eigenvalue weighted by molar-refractivity contribution is 5.79. The zero-order valence-electron chi connectivity index (χ0n) is 9.08. The van der Waals surface area contributed by atoms with Gasteiger partial charge in [0.25, 0.3) is 6.01 Å². The maximum Gasteiger partial charge on any atom is 0.293 e. The number of aromatic amines is 1. The zero-order chi connectivity index (χ0) is 11.1. The number of ketones is 1. The number of aromatic nitrogens is 2. The Hall–Kier alpha value is -1.36. The van der Waals surface area contributed by atoms with E-state index in [1.807, 2.05) is 6.92 Å². The minimum atomic E-state index is 0.0942. The topological polar surface area (TPSA) is 64.2 Å². The maximum atomic E-state index is 11.1. The van der Waals surface area contributed by atoms with Crippen LogP contribution in [0.2, 0.25) is 0 Å². The van der Waals surface area contributed by atoms with Crippen LogP contribution < -0.4 is 4.74 Å². The molecule has 0 aliphatic heterocycles. The predicted octanol–water partition coefficient (Wildman–Crippen LogP) is 1.09. The summed E-state index contributed by atoms with van der Waals surface area (Å²) in [7, 11) is 1.51. The number of carbonyl (C=O) groups excluding carboxylic acids is 1. The second-order valence-corrected chi connectivity index (χ2v) is 3.30. The average Bonchev–Trinajstić information content (AvgIpc) is 2.60. The van der Waals surface area contributed by atoms with E-state index in [0.29, 0.717) is 25.5 Å². The number of rotatable bonds is 7. The molecule has 1 N–H and O–H groups in total. The Morgan fingerprint density at radius 1 is 1.60 bits per heavy atom. The SMILES string of the molecule is COCC(=O)CCCOc1ncc(C)[nH]1. The molecule has 15 heavy (non-hydrogen) atoms. The number of ether oxygens (including phenoxy) is 2. The van der Waals surface area contributed by atoms with Gasteiger partial charge in [0.2, 0.25) is 0 Å². The van der Waals surface area contributed by atoms with E-state index in [9.17, 15) is 4.79 Å². The number of H-pyrrole nitrogens is 1. The van der Waals surface area contributed by atoms with Crippen molar-refractivity contribution in [2.75, 3.05) is 20.3 Å². The van der Waals surface area contributed by atoms with Gasteiger partial charge in [0.05, 0.1) is 12.8 Å². The number of aryl methyl sites for hydroxylation is 1. The van der Waals surface area contributed by atoms with Crippen molar-refractivity contribution in [3.05, 3.63) is 11.9 Å². The lowest BCUT2D eigenvalue weighted by atomic mass is 10.2. The van der Waals surface area contributed by atoms with Gasteiger partial charge in [0.1, 0.15) is 6.61 Å². The van der Waals surface area contributed by atoms with E-state index in [1.54, 1.807) is 6.20 Å². The van der Waals surface area contributed by atoms with Crippen LogP contribution >= 0.6 is 0 Å². The second kappa shape index (κ2) is 6.19. The average molecular weight is 212 g/mol. The molecular formula is C10H16N2O3. The van der Waals surface area contributed by atoms with Crippen LogP contribution in [0.15, 0.2) is 6.20 Å². The van der Waals surface area contributed by atoms with Crippen molar-refractivity contribution in [1.82, 2.24) is 9.97 Å². The summed E-state index contributed by atoms with van der Waals surface area (Å²) in [6.45, 7) is 2.57. The Labute approximate surface area is 88.8 Å². The number of hydrogen-bond donors (Lipinski definition) is 1. The van der Waals surface area contributed by atoms with Gasteiger partial charge >= 0.3 is 0 Å². The molecule has 0 radical (unpaired) electrons. The molecule has 1 rings (SSSR count). The fourth-order valence-electron chi connectivity index (χ4n) is 1.13. The first-order chi connectivity index (χ1) is 7.22. The molecule has 0 unspecified atom stereocenters. The fourth-order valence-corrected chi connectivity index (χ4v) is 1.13. The van der Waals surface area contributed by atoms with E-state index in [2.05, 4.69) is 9.97 Å². The van der Waals surface area contributed by atoms with Crippen molar-refractivity contribution in [2.24, 2.45) is 0 Å². The molecule has 1 heterocycles. The van der Waals surface area contributed by atoms with Crippen LogP contribution in [-0.4, -0.2) is 36.1 Å². The number of methoxy groups -OCH3 is 1. The summed E-state index contributed by atoms with van der Waals surface area (Å²) in [5, 5.41) is 0. The molecule has 84 valence electrons. The summed E-state index contributed by atoms with van der Waals surface area (Å²) in [5.41, 5.74) is 0.959. The van der Waals surface area contributed by atoms with Crippen molar-refractivity contribution in [3.63, 3.8) is 0 Å². The van der Waals surface area contributed by atoms with E-state index in [1.165, 1.54) is 7.11 Å². The van der Waals surface area contributed by atoms with Crippen LogP contribution in [0.4, 0.5) is 0 Å². The van der Waals surface area contributed by atoms with Crippen LogP contribution in [-0.2, 0) is 9.53 Å². The summed E-state index contributed by atoms with van der Waals surface area (Å²) >= 11 is 0. The number of hydrogen-bond acceptors (Lipinski definition) is 4. The first-order valence-electron chi connectivity index (χ1n) is 4.87. The third-order valence-corrected chi connectivity index (χ3v) is 1.82. The molecule has 0 saturated carbocycles. The highest BCUT2D eigenvalue weighted by Gasteiger charge is 2.02. The molecule has 0 aromatic carbocycles. The number of carbonyl (C=O) groups is 1. The Morgan fingerprint density at radius 3 is 3.00 bits per heavy atom. The van der Waals surface area contributed by atoms with Gasteiger partial charge in [-0.2, -0.15) is 0 Å². The number of nitrogens with one attached hydrogen (secondary N) is 1. The summed E-state index contributed by atoms with van der Waals surface area (Å²) in [4.78, 5) is 18.0. The normalized spacial score (nSPS) is 10.3. The molecule has 0 amide bonds. The van der Waals surface area contributed by atoms with Gasteiger partial charge in [-0.3, -0.25) is 4.79 Å². The van der Waals surface area contributed by atoms with Crippen LogP contribution in [0.5, 0.6) is 6.01 Å². The highest BCUT2D eigenvalue weighted by Crippen LogP contribution is 2.04. The minimum Gasteiger partial charge on any atom is -0.465 e. The van der Waals surface area contributed by atoms with E-state index < -0.39 is 0 Å². The molecule has 0 aliphatic rings. The predicted molar refractivity (Wildman–Crippen MR) is 54.9 cm³/mol. The molecule has 0 atom stereocenters. The van der Waals surface area contributed by atoms with Gasteiger partial charge in [-0.25, -0.2) is 4.98 Å². The van der Waals surface area contributed by atoms with Crippen LogP contribution in [0.25, 0.3) is 0 Å². The molecule has 5 heteroatoms. The number of Topliss-reactive ketones (excluding diaryl/α,β-unsaturated/α-hetero) is 1. The summed E-state index contributed by atoms with van der Waals surface area (Å²) < 4.78 is 10.0. The van der Waals surface area contributed by atoms with E-state index in [4.69, 9.17) is 9.47 Å². The van der Waals surface area contributed by atoms with Gasteiger partial charge in [0, 0.05) is 19.2 Å². The quantitative estimate of drug-likeness (QED) is 0.687. The Bertz CT molecular complexity index is 309. The Morgan fingerprint density at radius 2 is 2.40 bits per heavy atom. The fraction of sp³-hybridized carbons (Fsp3) is 0.600. The smallest absolute Gasteiger partial charge is 0.293 e. The summed E-state index contributed by atoms with van der Waals surface area (Å²) in [5.74, 6) is 0.0942. The van der Waals surface area contributed by atoms with Crippen LogP contribution in [0.1, 0.15) is 18.5 Å². The first-order valence-corrected chi connectivity index (χ1v) is 4.87. The van der Waals surface area contributed by atoms with Gasteiger partial charge in [0.15, 0.2) is 5.78 Å². The van der Waals surface area contributed by atoms with Crippen molar-refractivity contribution in [2.45, 2.75) is 19.8 Å². The van der Waals surface area contributed by atoms with Crippen molar-refractivity contribution in [1.29, 1.82) is 0 Å². The summed E-state index contributed by atoms with van der Waals surface area (Å²) in [6, 6.07) is 0.506. The molecule has 0 fully saturated rings. The van der Waals surface area contributed by atoms with E-state index >= 15 is 0 Å². The largest absolute Gasteiger partial charge is 0.465 e. The maximum absolute atomic E-state index is 11.1. The molecular weight excluding hydrogens is 196 g/mol. The number of imidazole rings is 1. The highest BCUT2D eigenvalue weighted by atomic mass is 16.5. The van der Waals surface area contributed by atoms with E-state index in [-0.39, 0.29) is 12.4 Å². The lowest BCUT2D eigenvalue weighted by Crippen LogP contribution is -2.08. The first kappa shape index (κ1) is 11.7. The van der Waals surface area contributed by atoms with Crippen LogP contribution in [0, 0.1) is 6.92 Å². The molecule has 0 spiro atoms. The van der Waals surface area contributed by atoms with Gasteiger partial charge in [-0.15, -0.1) is 0 Å². The Kier molecular flexibility index (Phi) is 4.83. The number of nitrogens with zero attached hydrogens (tertiary/aromatic N) is 1. The molecule has 1 aromatic rings. The van der Waals surface area contributed by atoms with Crippen molar-refractivity contribution in [3.8, 4) is 6.01 Å². The monoisotopic (exact) mass is 212 g/mol. The van der Waals surface area contributed by atoms with Crippen molar-refractivity contribution >= 4 is 5.78 Å². The zero-order valence-corrected chi connectivity index (χ0v) is 9.08. The molecule has 0 aliphatic carbocycles. The molecule has 0 bridgehead atoms.